The fraction of sp³-hybridized carbons (Fsp3) is 0.278. The molecule has 0 saturated carbocycles. The molecule has 8 heteroatoms. The molecule has 0 bridgehead atoms. The summed E-state index contributed by atoms with van der Waals surface area (Å²) in [6.45, 7) is -0.217. The van der Waals surface area contributed by atoms with Crippen LogP contribution in [0.2, 0.25) is 0 Å². The Bertz CT molecular complexity index is 908. The normalized spacial score (nSPS) is 12.0. The van der Waals surface area contributed by atoms with Gasteiger partial charge in [0.2, 0.25) is 0 Å². The van der Waals surface area contributed by atoms with E-state index in [1.165, 1.54) is 42.3 Å². The molecule has 4 nitrogen and oxygen atoms in total. The molecule has 0 spiro atoms. The molecule has 0 aromatic heterocycles. The van der Waals surface area contributed by atoms with Gasteiger partial charge < -0.3 is 4.90 Å². The fourth-order valence-electron chi connectivity index (χ4n) is 2.58. The Labute approximate surface area is 150 Å². The lowest BCUT2D eigenvalue weighted by Gasteiger charge is -2.20. The van der Waals surface area contributed by atoms with Crippen molar-refractivity contribution in [2.75, 3.05) is 13.3 Å². The number of hydrogen-bond acceptors (Lipinski definition) is 3. The number of nitrogens with zero attached hydrogens (tertiary/aromatic N) is 1. The maximum Gasteiger partial charge on any atom is 0.416 e. The molecule has 0 aliphatic rings. The molecule has 0 fully saturated rings. The van der Waals surface area contributed by atoms with Crippen LogP contribution in [0.5, 0.6) is 0 Å². The summed E-state index contributed by atoms with van der Waals surface area (Å²) in [5.74, 6) is -0.702. The molecule has 140 valence electrons. The second-order valence-electron chi connectivity index (χ2n) is 6.09. The van der Waals surface area contributed by atoms with Crippen LogP contribution in [0.25, 0.3) is 0 Å². The highest BCUT2D eigenvalue weighted by Crippen LogP contribution is 2.32. The Morgan fingerprint density at radius 2 is 1.73 bits per heavy atom. The average Bonchev–Trinajstić information content (AvgIpc) is 2.52. The van der Waals surface area contributed by atoms with Crippen molar-refractivity contribution < 1.29 is 26.4 Å². The molecule has 1 amide bonds. The third kappa shape index (κ3) is 5.32. The van der Waals surface area contributed by atoms with E-state index in [0.717, 1.165) is 12.3 Å². The monoisotopic (exact) mass is 385 g/mol. The lowest BCUT2D eigenvalue weighted by molar-refractivity contribution is -0.138. The molecule has 2 rings (SSSR count). The summed E-state index contributed by atoms with van der Waals surface area (Å²) >= 11 is 0. The number of sulfone groups is 1. The van der Waals surface area contributed by atoms with Gasteiger partial charge >= 0.3 is 6.18 Å². The molecule has 2 aromatic rings. The Morgan fingerprint density at radius 1 is 1.08 bits per heavy atom. The van der Waals surface area contributed by atoms with E-state index in [-0.39, 0.29) is 23.4 Å². The van der Waals surface area contributed by atoms with Gasteiger partial charge in [-0.2, -0.15) is 13.2 Å². The first-order valence-electron chi connectivity index (χ1n) is 7.64. The van der Waals surface area contributed by atoms with Gasteiger partial charge in [0.05, 0.1) is 11.3 Å². The van der Waals surface area contributed by atoms with E-state index in [1.807, 2.05) is 0 Å². The molecule has 0 radical (unpaired) electrons. The first kappa shape index (κ1) is 20.0. The molecule has 0 heterocycles. The van der Waals surface area contributed by atoms with Crippen molar-refractivity contribution in [3.8, 4) is 0 Å². The summed E-state index contributed by atoms with van der Waals surface area (Å²) in [6, 6.07) is 11.1. The van der Waals surface area contributed by atoms with Crippen LogP contribution in [0, 0.1) is 0 Å². The van der Waals surface area contributed by atoms with E-state index >= 15 is 0 Å². The highest BCUT2D eigenvalue weighted by molar-refractivity contribution is 7.89. The van der Waals surface area contributed by atoms with Crippen LogP contribution >= 0.6 is 0 Å². The fourth-order valence-corrected chi connectivity index (χ4v) is 3.36. The van der Waals surface area contributed by atoms with E-state index in [0.29, 0.717) is 5.56 Å². The third-order valence-corrected chi connectivity index (χ3v) is 4.54. The van der Waals surface area contributed by atoms with Crippen LogP contribution < -0.4 is 0 Å². The molecule has 0 N–H and O–H groups in total. The number of amides is 1. The van der Waals surface area contributed by atoms with Crippen LogP contribution in [0.1, 0.15) is 27.0 Å². The van der Waals surface area contributed by atoms with E-state index < -0.39 is 27.5 Å². The zero-order valence-electron chi connectivity index (χ0n) is 14.2. The quantitative estimate of drug-likeness (QED) is 0.791. The van der Waals surface area contributed by atoms with Gasteiger partial charge in [-0.1, -0.05) is 30.3 Å². The lowest BCUT2D eigenvalue weighted by atomic mass is 10.1. The molecule has 0 unspecified atom stereocenters. The van der Waals surface area contributed by atoms with Crippen molar-refractivity contribution in [3.63, 3.8) is 0 Å². The van der Waals surface area contributed by atoms with E-state index in [4.69, 9.17) is 0 Å². The number of rotatable bonds is 5. The molecule has 0 atom stereocenters. The Morgan fingerprint density at radius 3 is 2.35 bits per heavy atom. The predicted octanol–water partition coefficient (Wildman–Crippen LogP) is 3.52. The standard InChI is InChI=1S/C18H18F3NO3S/c1-22(11-15-7-3-4-9-16(15)18(19,20)21)17(23)14-8-5-6-13(10-14)12-26(2,24)25/h3-10H,11-12H2,1-2H3. The average molecular weight is 385 g/mol. The van der Waals surface area contributed by atoms with Gasteiger partial charge in [0.15, 0.2) is 9.84 Å². The summed E-state index contributed by atoms with van der Waals surface area (Å²) in [6.07, 6.45) is -3.42. The maximum absolute atomic E-state index is 13.1. The summed E-state index contributed by atoms with van der Waals surface area (Å²) in [5.41, 5.74) is -0.130. The van der Waals surface area contributed by atoms with Crippen LogP contribution in [0.15, 0.2) is 48.5 Å². The van der Waals surface area contributed by atoms with Gasteiger partial charge in [-0.25, -0.2) is 8.42 Å². The van der Waals surface area contributed by atoms with Crippen molar-refractivity contribution in [2.45, 2.75) is 18.5 Å². The Kier molecular flexibility index (Phi) is 5.75. The highest BCUT2D eigenvalue weighted by Gasteiger charge is 2.33. The Hall–Kier alpha value is -2.35. The smallest absolute Gasteiger partial charge is 0.337 e. The maximum atomic E-state index is 13.1. The van der Waals surface area contributed by atoms with Crippen molar-refractivity contribution in [1.82, 2.24) is 4.90 Å². The second kappa shape index (κ2) is 7.49. The number of alkyl halides is 3. The zero-order valence-corrected chi connectivity index (χ0v) is 15.1. The largest absolute Gasteiger partial charge is 0.416 e. The Balaban J connectivity index is 2.23. The number of benzene rings is 2. The first-order chi connectivity index (χ1) is 12.0. The summed E-state index contributed by atoms with van der Waals surface area (Å²) in [5, 5.41) is 0. The van der Waals surface area contributed by atoms with E-state index in [9.17, 15) is 26.4 Å². The van der Waals surface area contributed by atoms with Crippen molar-refractivity contribution in [1.29, 1.82) is 0 Å². The van der Waals surface area contributed by atoms with Crippen LogP contribution in [0.4, 0.5) is 13.2 Å². The molecule has 0 aliphatic carbocycles. The molecular weight excluding hydrogens is 367 g/mol. The highest BCUT2D eigenvalue weighted by atomic mass is 32.2. The van der Waals surface area contributed by atoms with Gasteiger partial charge in [-0.05, 0) is 29.3 Å². The summed E-state index contributed by atoms with van der Waals surface area (Å²) < 4.78 is 62.0. The van der Waals surface area contributed by atoms with Crippen molar-refractivity contribution in [2.24, 2.45) is 0 Å². The van der Waals surface area contributed by atoms with E-state index in [1.54, 1.807) is 12.1 Å². The number of carbonyl (C=O) groups excluding carboxylic acids is 1. The van der Waals surface area contributed by atoms with E-state index in [2.05, 4.69) is 0 Å². The van der Waals surface area contributed by atoms with Gasteiger partial charge in [0.25, 0.3) is 5.91 Å². The van der Waals surface area contributed by atoms with Crippen molar-refractivity contribution >= 4 is 15.7 Å². The molecular formula is C18H18F3NO3S. The third-order valence-electron chi connectivity index (χ3n) is 3.68. The molecule has 0 saturated heterocycles. The van der Waals surface area contributed by atoms with Crippen LogP contribution in [0.3, 0.4) is 0 Å². The number of hydrogen-bond donors (Lipinski definition) is 0. The first-order valence-corrected chi connectivity index (χ1v) is 9.70. The molecule has 2 aromatic carbocycles. The minimum absolute atomic E-state index is 0.0110. The van der Waals surface area contributed by atoms with Gasteiger partial charge in [0.1, 0.15) is 0 Å². The summed E-state index contributed by atoms with van der Waals surface area (Å²) in [4.78, 5) is 13.7. The minimum Gasteiger partial charge on any atom is -0.337 e. The van der Waals surface area contributed by atoms with Crippen molar-refractivity contribution in [3.05, 3.63) is 70.8 Å². The number of carbonyl (C=O) groups is 1. The van der Waals surface area contributed by atoms with Gasteiger partial charge in [-0.3, -0.25) is 4.79 Å². The molecule has 0 aliphatic heterocycles. The van der Waals surface area contributed by atoms with Crippen LogP contribution in [-0.4, -0.2) is 32.5 Å². The minimum atomic E-state index is -4.50. The molecule has 26 heavy (non-hydrogen) atoms. The van der Waals surface area contributed by atoms with Gasteiger partial charge in [0, 0.05) is 25.4 Å². The predicted molar refractivity (Wildman–Crippen MR) is 92.2 cm³/mol. The lowest BCUT2D eigenvalue weighted by Crippen LogP contribution is -2.27. The summed E-state index contributed by atoms with van der Waals surface area (Å²) in [7, 11) is -1.86. The number of halogens is 3. The topological polar surface area (TPSA) is 54.5 Å². The zero-order chi connectivity index (χ0) is 19.5. The van der Waals surface area contributed by atoms with Gasteiger partial charge in [-0.15, -0.1) is 0 Å². The SMILES string of the molecule is CN(Cc1ccccc1C(F)(F)F)C(=O)c1cccc(CS(C)(=O)=O)c1. The second-order valence-corrected chi connectivity index (χ2v) is 8.23. The van der Waals surface area contributed by atoms with Crippen LogP contribution in [-0.2, 0) is 28.3 Å².